The third-order valence-corrected chi connectivity index (χ3v) is 3.48. The molecule has 18 heavy (non-hydrogen) atoms. The van der Waals surface area contributed by atoms with Crippen molar-refractivity contribution in [2.45, 2.75) is 32.2 Å². The second-order valence-electron chi connectivity index (χ2n) is 4.69. The van der Waals surface area contributed by atoms with E-state index in [9.17, 15) is 10.1 Å². The molecule has 0 radical (unpaired) electrons. The highest BCUT2D eigenvalue weighted by atomic mass is 16.1. The minimum absolute atomic E-state index is 0.285. The molecule has 1 unspecified atom stereocenters. The van der Waals surface area contributed by atoms with E-state index in [4.69, 9.17) is 5.73 Å². The zero-order valence-corrected chi connectivity index (χ0v) is 10.5. The van der Waals surface area contributed by atoms with Crippen molar-refractivity contribution in [3.05, 3.63) is 29.3 Å². The van der Waals surface area contributed by atoms with E-state index in [1.807, 2.05) is 24.0 Å². The van der Waals surface area contributed by atoms with Crippen molar-refractivity contribution in [1.82, 2.24) is 0 Å². The quantitative estimate of drug-likeness (QED) is 0.859. The van der Waals surface area contributed by atoms with Gasteiger partial charge >= 0.3 is 0 Å². The number of nitrogens with two attached hydrogens (primary N) is 1. The standard InChI is InChI=1S/C14H17N3O/c1-10-5-4-6-11(9-15)13(10)17-8-3-2-7-12(17)14(16)18/h4-6,12H,2-3,7-8H2,1H3,(H2,16,18). The molecule has 1 aromatic carbocycles. The molecular weight excluding hydrogens is 226 g/mol. The number of benzene rings is 1. The fourth-order valence-corrected chi connectivity index (χ4v) is 2.63. The van der Waals surface area contributed by atoms with Crippen LogP contribution in [0, 0.1) is 18.3 Å². The van der Waals surface area contributed by atoms with Gasteiger partial charge in [-0.25, -0.2) is 0 Å². The van der Waals surface area contributed by atoms with Crippen molar-refractivity contribution < 1.29 is 4.79 Å². The predicted molar refractivity (Wildman–Crippen MR) is 70.1 cm³/mol. The third kappa shape index (κ3) is 2.17. The van der Waals surface area contributed by atoms with Crippen LogP contribution in [0.25, 0.3) is 0 Å². The van der Waals surface area contributed by atoms with Crippen molar-refractivity contribution in [3.8, 4) is 6.07 Å². The first-order chi connectivity index (χ1) is 8.65. The number of rotatable bonds is 2. The van der Waals surface area contributed by atoms with E-state index >= 15 is 0 Å². The van der Waals surface area contributed by atoms with Gasteiger partial charge in [0.1, 0.15) is 12.1 Å². The van der Waals surface area contributed by atoms with Crippen LogP contribution in [0.4, 0.5) is 5.69 Å². The van der Waals surface area contributed by atoms with E-state index in [1.54, 1.807) is 6.07 Å². The molecule has 0 bridgehead atoms. The molecular formula is C14H17N3O. The van der Waals surface area contributed by atoms with Crippen molar-refractivity contribution in [3.63, 3.8) is 0 Å². The van der Waals surface area contributed by atoms with E-state index < -0.39 is 0 Å². The predicted octanol–water partition coefficient (Wildman–Crippen LogP) is 1.71. The number of aryl methyl sites for hydroxylation is 1. The number of primary amides is 1. The van der Waals surface area contributed by atoms with Crippen LogP contribution in [0.1, 0.15) is 30.4 Å². The highest BCUT2D eigenvalue weighted by Crippen LogP contribution is 2.30. The van der Waals surface area contributed by atoms with Gasteiger partial charge in [-0.15, -0.1) is 0 Å². The number of hydrogen-bond donors (Lipinski definition) is 1. The van der Waals surface area contributed by atoms with Crippen LogP contribution in [-0.4, -0.2) is 18.5 Å². The molecule has 94 valence electrons. The Morgan fingerprint density at radius 1 is 1.50 bits per heavy atom. The van der Waals surface area contributed by atoms with Gasteiger partial charge in [0.15, 0.2) is 0 Å². The lowest BCUT2D eigenvalue weighted by molar-refractivity contribution is -0.119. The highest BCUT2D eigenvalue weighted by molar-refractivity contribution is 5.85. The maximum Gasteiger partial charge on any atom is 0.240 e. The molecule has 4 nitrogen and oxygen atoms in total. The number of para-hydroxylation sites is 1. The lowest BCUT2D eigenvalue weighted by Gasteiger charge is -2.37. The molecule has 1 fully saturated rings. The minimum Gasteiger partial charge on any atom is -0.368 e. The highest BCUT2D eigenvalue weighted by Gasteiger charge is 2.29. The molecule has 0 spiro atoms. The molecule has 1 saturated heterocycles. The summed E-state index contributed by atoms with van der Waals surface area (Å²) in [6.07, 6.45) is 2.81. The van der Waals surface area contributed by atoms with Crippen molar-refractivity contribution >= 4 is 11.6 Å². The lowest BCUT2D eigenvalue weighted by atomic mass is 9.97. The number of amides is 1. The van der Waals surface area contributed by atoms with Crippen molar-refractivity contribution in [2.24, 2.45) is 5.73 Å². The summed E-state index contributed by atoms with van der Waals surface area (Å²) in [6.45, 7) is 2.75. The largest absolute Gasteiger partial charge is 0.368 e. The number of carbonyl (C=O) groups is 1. The topological polar surface area (TPSA) is 70.1 Å². The molecule has 1 aliphatic heterocycles. The van der Waals surface area contributed by atoms with E-state index in [-0.39, 0.29) is 11.9 Å². The average molecular weight is 243 g/mol. The Hall–Kier alpha value is -2.02. The Labute approximate surface area is 107 Å². The molecule has 0 saturated carbocycles. The van der Waals surface area contributed by atoms with Gasteiger partial charge in [-0.2, -0.15) is 5.26 Å². The smallest absolute Gasteiger partial charge is 0.240 e. The number of carbonyl (C=O) groups excluding carboxylic acids is 1. The van der Waals surface area contributed by atoms with Gasteiger partial charge < -0.3 is 10.6 Å². The molecule has 1 aromatic rings. The number of hydrogen-bond acceptors (Lipinski definition) is 3. The van der Waals surface area contributed by atoms with Crippen LogP contribution >= 0.6 is 0 Å². The number of nitriles is 1. The summed E-state index contributed by atoms with van der Waals surface area (Å²) < 4.78 is 0. The molecule has 1 heterocycles. The molecule has 1 atom stereocenters. The van der Waals surface area contributed by atoms with Gasteiger partial charge in [-0.1, -0.05) is 12.1 Å². The summed E-state index contributed by atoms with van der Waals surface area (Å²) in [5, 5.41) is 9.21. The summed E-state index contributed by atoms with van der Waals surface area (Å²) in [6, 6.07) is 7.52. The van der Waals surface area contributed by atoms with E-state index in [2.05, 4.69) is 6.07 Å². The first-order valence-corrected chi connectivity index (χ1v) is 6.21. The van der Waals surface area contributed by atoms with Gasteiger partial charge in [0.05, 0.1) is 11.3 Å². The third-order valence-electron chi connectivity index (χ3n) is 3.48. The van der Waals surface area contributed by atoms with Gasteiger partial charge in [0.25, 0.3) is 0 Å². The summed E-state index contributed by atoms with van der Waals surface area (Å²) in [4.78, 5) is 13.5. The zero-order valence-electron chi connectivity index (χ0n) is 10.5. The fraction of sp³-hybridized carbons (Fsp3) is 0.429. The van der Waals surface area contributed by atoms with Crippen LogP contribution in [0.2, 0.25) is 0 Å². The summed E-state index contributed by atoms with van der Waals surface area (Å²) in [5.41, 5.74) is 7.97. The second kappa shape index (κ2) is 5.09. The Morgan fingerprint density at radius 3 is 2.94 bits per heavy atom. The van der Waals surface area contributed by atoms with Gasteiger partial charge in [-0.05, 0) is 37.8 Å². The van der Waals surface area contributed by atoms with Crippen molar-refractivity contribution in [2.75, 3.05) is 11.4 Å². The minimum atomic E-state index is -0.304. The van der Waals surface area contributed by atoms with Crippen LogP contribution in [0.3, 0.4) is 0 Å². The Kier molecular flexibility index (Phi) is 3.52. The SMILES string of the molecule is Cc1cccc(C#N)c1N1CCCCC1C(N)=O. The van der Waals surface area contributed by atoms with Gasteiger partial charge in [0, 0.05) is 6.54 Å². The van der Waals surface area contributed by atoms with Gasteiger partial charge in [-0.3, -0.25) is 4.79 Å². The molecule has 1 amide bonds. The van der Waals surface area contributed by atoms with E-state index in [0.29, 0.717) is 5.56 Å². The second-order valence-corrected chi connectivity index (χ2v) is 4.69. The normalized spacial score (nSPS) is 19.3. The number of nitrogens with zero attached hydrogens (tertiary/aromatic N) is 2. The molecule has 4 heteroatoms. The van der Waals surface area contributed by atoms with Crippen LogP contribution in [0.5, 0.6) is 0 Å². The Morgan fingerprint density at radius 2 is 2.28 bits per heavy atom. The number of piperidine rings is 1. The van der Waals surface area contributed by atoms with E-state index in [1.165, 1.54) is 0 Å². The number of anilines is 1. The zero-order chi connectivity index (χ0) is 13.1. The Balaban J connectivity index is 2.46. The first-order valence-electron chi connectivity index (χ1n) is 6.21. The molecule has 0 aliphatic carbocycles. The summed E-state index contributed by atoms with van der Waals surface area (Å²) >= 11 is 0. The molecule has 1 aliphatic rings. The lowest BCUT2D eigenvalue weighted by Crippen LogP contribution is -2.48. The summed E-state index contributed by atoms with van der Waals surface area (Å²) in [7, 11) is 0. The Bertz CT molecular complexity index is 504. The fourth-order valence-electron chi connectivity index (χ4n) is 2.63. The van der Waals surface area contributed by atoms with E-state index in [0.717, 1.165) is 37.1 Å². The first kappa shape index (κ1) is 12.4. The maximum absolute atomic E-state index is 11.5. The molecule has 0 aromatic heterocycles. The monoisotopic (exact) mass is 243 g/mol. The van der Waals surface area contributed by atoms with Crippen molar-refractivity contribution in [1.29, 1.82) is 5.26 Å². The maximum atomic E-state index is 11.5. The molecule has 2 rings (SSSR count). The van der Waals surface area contributed by atoms with Gasteiger partial charge in [0.2, 0.25) is 5.91 Å². The average Bonchev–Trinajstić information content (AvgIpc) is 2.38. The summed E-state index contributed by atoms with van der Waals surface area (Å²) in [5.74, 6) is -0.304. The molecule has 2 N–H and O–H groups in total. The van der Waals surface area contributed by atoms with Crippen LogP contribution in [0.15, 0.2) is 18.2 Å². The van der Waals surface area contributed by atoms with Crippen LogP contribution in [-0.2, 0) is 4.79 Å². The van der Waals surface area contributed by atoms with Crippen LogP contribution < -0.4 is 10.6 Å².